The second-order valence-electron chi connectivity index (χ2n) is 4.27. The Morgan fingerprint density at radius 3 is 2.10 bits per heavy atom. The Balaban J connectivity index is 2.01. The quantitative estimate of drug-likeness (QED) is 0.554. The summed E-state index contributed by atoms with van der Waals surface area (Å²) in [7, 11) is 0. The predicted octanol–water partition coefficient (Wildman–Crippen LogP) is 2.60. The van der Waals surface area contributed by atoms with E-state index in [4.69, 9.17) is 0 Å². The van der Waals surface area contributed by atoms with Gasteiger partial charge in [-0.3, -0.25) is 0 Å². The van der Waals surface area contributed by atoms with E-state index in [2.05, 4.69) is 26.5 Å². The second-order valence-corrected chi connectivity index (χ2v) is 4.94. The van der Waals surface area contributed by atoms with E-state index >= 15 is 0 Å². The summed E-state index contributed by atoms with van der Waals surface area (Å²) in [5.74, 6) is 3.98. The molecule has 0 radical (unpaired) electrons. The van der Waals surface area contributed by atoms with Crippen molar-refractivity contribution in [3.05, 3.63) is 0 Å². The highest BCUT2D eigenvalue weighted by molar-refractivity contribution is 7.81. The van der Waals surface area contributed by atoms with Gasteiger partial charge in [0.2, 0.25) is 0 Å². The first-order chi connectivity index (χ1) is 4.70. The number of thiol groups is 1. The Kier molecular flexibility index (Phi) is 1.52. The average Bonchev–Trinajstić information content (AvgIpc) is 2.55. The summed E-state index contributed by atoms with van der Waals surface area (Å²) in [6, 6.07) is 0. The van der Waals surface area contributed by atoms with Crippen molar-refractivity contribution in [2.45, 2.75) is 31.9 Å². The van der Waals surface area contributed by atoms with Gasteiger partial charge in [-0.2, -0.15) is 12.6 Å². The first-order valence-corrected chi connectivity index (χ1v) is 4.90. The standard InChI is InChI=1S/C9H16S/c1-5(2)6-4-9(10)8-3-7(6)8/h5-10H,3-4H2,1-2H3/t6?,7-,8-,9+/m1/s1. The number of hydrogen-bond acceptors (Lipinski definition) is 1. The van der Waals surface area contributed by atoms with Crippen LogP contribution >= 0.6 is 12.6 Å². The molecule has 0 heterocycles. The van der Waals surface area contributed by atoms with Gasteiger partial charge in [0.1, 0.15) is 0 Å². The molecular weight excluding hydrogens is 140 g/mol. The van der Waals surface area contributed by atoms with Crippen molar-refractivity contribution >= 4 is 12.6 Å². The molecule has 0 aliphatic heterocycles. The second kappa shape index (κ2) is 2.17. The van der Waals surface area contributed by atoms with Crippen molar-refractivity contribution in [1.29, 1.82) is 0 Å². The third-order valence-corrected chi connectivity index (χ3v) is 3.90. The van der Waals surface area contributed by atoms with E-state index < -0.39 is 0 Å². The van der Waals surface area contributed by atoms with Crippen molar-refractivity contribution in [1.82, 2.24) is 0 Å². The lowest BCUT2D eigenvalue weighted by atomic mass is 9.91. The molecule has 2 aliphatic carbocycles. The van der Waals surface area contributed by atoms with Gasteiger partial charge in [0.05, 0.1) is 0 Å². The van der Waals surface area contributed by atoms with Crippen LogP contribution in [0.15, 0.2) is 0 Å². The Bertz CT molecular complexity index is 142. The fourth-order valence-electron chi connectivity index (χ4n) is 2.57. The molecule has 0 spiro atoms. The SMILES string of the molecule is CC(C)C1C[C@H](S)[C@@H]2C[C@H]12. The molecule has 4 atom stereocenters. The van der Waals surface area contributed by atoms with E-state index in [0.717, 1.165) is 28.9 Å². The van der Waals surface area contributed by atoms with Crippen molar-refractivity contribution in [2.75, 3.05) is 0 Å². The highest BCUT2D eigenvalue weighted by atomic mass is 32.1. The lowest BCUT2D eigenvalue weighted by Crippen LogP contribution is -2.09. The first-order valence-electron chi connectivity index (χ1n) is 4.38. The van der Waals surface area contributed by atoms with Gasteiger partial charge in [0, 0.05) is 5.25 Å². The summed E-state index contributed by atoms with van der Waals surface area (Å²) in [4.78, 5) is 0. The van der Waals surface area contributed by atoms with E-state index in [9.17, 15) is 0 Å². The van der Waals surface area contributed by atoms with Crippen LogP contribution < -0.4 is 0 Å². The van der Waals surface area contributed by atoms with Gasteiger partial charge < -0.3 is 0 Å². The normalized spacial score (nSPS) is 51.6. The summed E-state index contributed by atoms with van der Waals surface area (Å²) < 4.78 is 0. The molecule has 2 rings (SSSR count). The summed E-state index contributed by atoms with van der Waals surface area (Å²) in [5.41, 5.74) is 0. The van der Waals surface area contributed by atoms with Crippen LogP contribution in [-0.2, 0) is 0 Å². The molecule has 1 heteroatoms. The van der Waals surface area contributed by atoms with E-state index in [1.165, 1.54) is 12.8 Å². The molecule has 0 aromatic carbocycles. The van der Waals surface area contributed by atoms with E-state index in [0.29, 0.717) is 0 Å². The van der Waals surface area contributed by atoms with Gasteiger partial charge in [-0.15, -0.1) is 0 Å². The van der Waals surface area contributed by atoms with Crippen molar-refractivity contribution in [3.63, 3.8) is 0 Å². The maximum Gasteiger partial charge on any atom is 0.00507 e. The van der Waals surface area contributed by atoms with E-state index in [1.54, 1.807) is 0 Å². The monoisotopic (exact) mass is 156 g/mol. The zero-order valence-electron chi connectivity index (χ0n) is 6.75. The van der Waals surface area contributed by atoms with Crippen LogP contribution in [0.1, 0.15) is 26.7 Å². The molecule has 1 unspecified atom stereocenters. The maximum atomic E-state index is 4.58. The Hall–Kier alpha value is 0.350. The van der Waals surface area contributed by atoms with Crippen LogP contribution in [0.5, 0.6) is 0 Å². The van der Waals surface area contributed by atoms with Crippen molar-refractivity contribution in [3.8, 4) is 0 Å². The van der Waals surface area contributed by atoms with Crippen LogP contribution in [0.25, 0.3) is 0 Å². The topological polar surface area (TPSA) is 0 Å². The minimum Gasteiger partial charge on any atom is -0.176 e. The van der Waals surface area contributed by atoms with Gasteiger partial charge in [0.25, 0.3) is 0 Å². The third-order valence-electron chi connectivity index (χ3n) is 3.31. The summed E-state index contributed by atoms with van der Waals surface area (Å²) in [5, 5.41) is 0.748. The average molecular weight is 156 g/mol. The number of fused-ring (bicyclic) bond motifs is 1. The molecule has 0 aromatic heterocycles. The zero-order chi connectivity index (χ0) is 7.30. The molecule has 58 valence electrons. The number of hydrogen-bond donors (Lipinski definition) is 1. The Morgan fingerprint density at radius 1 is 1.20 bits per heavy atom. The highest BCUT2D eigenvalue weighted by Gasteiger charge is 2.53. The lowest BCUT2D eigenvalue weighted by molar-refractivity contribution is 0.354. The minimum absolute atomic E-state index is 0.748. The molecule has 0 aromatic rings. The molecule has 0 saturated heterocycles. The molecule has 0 amide bonds. The van der Waals surface area contributed by atoms with Crippen LogP contribution in [0.4, 0.5) is 0 Å². The fourth-order valence-corrected chi connectivity index (χ4v) is 3.15. The summed E-state index contributed by atoms with van der Waals surface area (Å²) in [6.45, 7) is 4.71. The van der Waals surface area contributed by atoms with Crippen LogP contribution in [0.3, 0.4) is 0 Å². The molecule has 2 aliphatic rings. The number of rotatable bonds is 1. The van der Waals surface area contributed by atoms with Gasteiger partial charge in [-0.05, 0) is 36.5 Å². The van der Waals surface area contributed by atoms with Gasteiger partial charge >= 0.3 is 0 Å². The summed E-state index contributed by atoms with van der Waals surface area (Å²) in [6.07, 6.45) is 2.87. The van der Waals surface area contributed by atoms with Gasteiger partial charge in [0.15, 0.2) is 0 Å². The largest absolute Gasteiger partial charge is 0.176 e. The molecule has 10 heavy (non-hydrogen) atoms. The Morgan fingerprint density at radius 2 is 1.90 bits per heavy atom. The van der Waals surface area contributed by atoms with Crippen molar-refractivity contribution < 1.29 is 0 Å². The fraction of sp³-hybridized carbons (Fsp3) is 1.00. The molecule has 2 fully saturated rings. The zero-order valence-corrected chi connectivity index (χ0v) is 7.64. The molecule has 0 bridgehead atoms. The maximum absolute atomic E-state index is 4.58. The van der Waals surface area contributed by atoms with Crippen molar-refractivity contribution in [2.24, 2.45) is 23.7 Å². The van der Waals surface area contributed by atoms with E-state index in [1.807, 2.05) is 0 Å². The first kappa shape index (κ1) is 7.02. The molecular formula is C9H16S. The minimum atomic E-state index is 0.748. The predicted molar refractivity (Wildman–Crippen MR) is 47.3 cm³/mol. The molecule has 0 N–H and O–H groups in total. The van der Waals surface area contributed by atoms with Gasteiger partial charge in [-0.25, -0.2) is 0 Å². The van der Waals surface area contributed by atoms with E-state index in [-0.39, 0.29) is 0 Å². The third kappa shape index (κ3) is 0.903. The van der Waals surface area contributed by atoms with Gasteiger partial charge in [-0.1, -0.05) is 13.8 Å². The molecule has 0 nitrogen and oxygen atoms in total. The smallest absolute Gasteiger partial charge is 0.00507 e. The van der Waals surface area contributed by atoms with Crippen LogP contribution in [0.2, 0.25) is 0 Å². The van der Waals surface area contributed by atoms with Crippen LogP contribution in [0, 0.1) is 23.7 Å². The van der Waals surface area contributed by atoms with Crippen LogP contribution in [-0.4, -0.2) is 5.25 Å². The molecule has 2 saturated carbocycles. The Labute approximate surface area is 68.8 Å². The highest BCUT2D eigenvalue weighted by Crippen LogP contribution is 2.59. The lowest BCUT2D eigenvalue weighted by Gasteiger charge is -2.16. The summed E-state index contributed by atoms with van der Waals surface area (Å²) >= 11 is 4.58.